The van der Waals surface area contributed by atoms with Gasteiger partial charge in [0.2, 0.25) is 0 Å². The number of quaternary nitrogens is 1. The molecular weight excluding hydrogens is 320 g/mol. The quantitative estimate of drug-likeness (QED) is 0.677. The number of nitrogens with zero attached hydrogens (tertiary/aromatic N) is 2. The van der Waals surface area contributed by atoms with Crippen LogP contribution in [0, 0.1) is 0 Å². The van der Waals surface area contributed by atoms with Gasteiger partial charge in [0.25, 0.3) is 0 Å². The molecule has 0 aliphatic rings. The van der Waals surface area contributed by atoms with Gasteiger partial charge in [0.15, 0.2) is 5.82 Å². The highest BCUT2D eigenvalue weighted by molar-refractivity contribution is 6.30. The van der Waals surface area contributed by atoms with E-state index < -0.39 is 0 Å². The molecule has 0 atom stereocenters. The fourth-order valence-corrected chi connectivity index (χ4v) is 2.71. The molecule has 0 spiro atoms. The number of nitrogens with one attached hydrogen (secondary N) is 2. The summed E-state index contributed by atoms with van der Waals surface area (Å²) in [4.78, 5) is 10.9. The van der Waals surface area contributed by atoms with Crippen LogP contribution < -0.4 is 10.2 Å². The van der Waals surface area contributed by atoms with Gasteiger partial charge >= 0.3 is 0 Å². The van der Waals surface area contributed by atoms with Crippen LogP contribution in [0.15, 0.2) is 48.5 Å². The number of halogens is 1. The molecule has 1 heterocycles. The molecule has 1 aromatic heterocycles. The molecular formula is C19H22ClN4+. The van der Waals surface area contributed by atoms with E-state index in [0.29, 0.717) is 10.8 Å². The van der Waals surface area contributed by atoms with Gasteiger partial charge in [-0.05, 0) is 36.4 Å². The maximum Gasteiger partial charge on any atom is 0.162 e. The van der Waals surface area contributed by atoms with Gasteiger partial charge in [-0.3, -0.25) is 0 Å². The molecule has 0 aliphatic heterocycles. The molecule has 3 aromatic rings. The number of para-hydroxylation sites is 1. The first-order chi connectivity index (χ1) is 11.6. The van der Waals surface area contributed by atoms with Crippen molar-refractivity contribution in [3.8, 4) is 11.4 Å². The maximum atomic E-state index is 5.98. The second-order valence-corrected chi connectivity index (χ2v) is 6.59. The van der Waals surface area contributed by atoms with Crippen LogP contribution in [0.2, 0.25) is 5.02 Å². The Morgan fingerprint density at radius 2 is 1.75 bits per heavy atom. The summed E-state index contributed by atoms with van der Waals surface area (Å²) in [5, 5.41) is 5.23. The topological polar surface area (TPSA) is 42.2 Å². The third kappa shape index (κ3) is 4.02. The first-order valence-electron chi connectivity index (χ1n) is 8.19. The number of hydrogen-bond donors (Lipinski definition) is 2. The van der Waals surface area contributed by atoms with Crippen molar-refractivity contribution in [1.29, 1.82) is 0 Å². The Bertz CT molecular complexity index is 815. The summed E-state index contributed by atoms with van der Waals surface area (Å²) >= 11 is 5.98. The van der Waals surface area contributed by atoms with Gasteiger partial charge in [-0.25, -0.2) is 9.97 Å². The Hall–Kier alpha value is -2.17. The predicted molar refractivity (Wildman–Crippen MR) is 101 cm³/mol. The van der Waals surface area contributed by atoms with E-state index in [-0.39, 0.29) is 0 Å². The van der Waals surface area contributed by atoms with Crippen molar-refractivity contribution in [1.82, 2.24) is 9.97 Å². The highest BCUT2D eigenvalue weighted by atomic mass is 35.5. The lowest BCUT2D eigenvalue weighted by atomic mass is 10.2. The Balaban J connectivity index is 1.92. The average Bonchev–Trinajstić information content (AvgIpc) is 2.59. The van der Waals surface area contributed by atoms with Crippen LogP contribution in [0.4, 0.5) is 5.82 Å². The third-order valence-corrected chi connectivity index (χ3v) is 4.10. The molecule has 2 N–H and O–H groups in total. The second-order valence-electron chi connectivity index (χ2n) is 6.16. The Morgan fingerprint density at radius 3 is 2.50 bits per heavy atom. The van der Waals surface area contributed by atoms with Crippen LogP contribution in [0.25, 0.3) is 22.3 Å². The van der Waals surface area contributed by atoms with Gasteiger partial charge in [-0.1, -0.05) is 23.7 Å². The molecule has 0 unspecified atom stereocenters. The van der Waals surface area contributed by atoms with Crippen molar-refractivity contribution in [3.63, 3.8) is 0 Å². The van der Waals surface area contributed by atoms with Crippen LogP contribution in [-0.4, -0.2) is 37.2 Å². The number of fused-ring (bicyclic) bond motifs is 1. The molecule has 0 radical (unpaired) electrons. The highest BCUT2D eigenvalue weighted by Gasteiger charge is 2.09. The SMILES string of the molecule is C[NH+](C)CCCNc1nc(-c2ccc(Cl)cc2)nc2ccccc12. The molecule has 0 saturated heterocycles. The van der Waals surface area contributed by atoms with Gasteiger partial charge < -0.3 is 10.2 Å². The summed E-state index contributed by atoms with van der Waals surface area (Å²) in [5.74, 6) is 1.60. The zero-order valence-corrected chi connectivity index (χ0v) is 14.8. The number of anilines is 1. The molecule has 0 aliphatic carbocycles. The number of aromatic nitrogens is 2. The van der Waals surface area contributed by atoms with E-state index in [1.165, 1.54) is 4.90 Å². The average molecular weight is 342 g/mol. The van der Waals surface area contributed by atoms with Crippen LogP contribution in [0.1, 0.15) is 6.42 Å². The van der Waals surface area contributed by atoms with E-state index in [4.69, 9.17) is 21.6 Å². The molecule has 0 bridgehead atoms. The fraction of sp³-hybridized carbons (Fsp3) is 0.263. The minimum atomic E-state index is 0.712. The lowest BCUT2D eigenvalue weighted by Crippen LogP contribution is -3.05. The lowest BCUT2D eigenvalue weighted by molar-refractivity contribution is -0.858. The summed E-state index contributed by atoms with van der Waals surface area (Å²) in [6, 6.07) is 15.7. The standard InChI is InChI=1S/C19H21ClN4/c1-24(2)13-5-12-21-19-16-6-3-4-7-17(16)22-18(23-19)14-8-10-15(20)11-9-14/h3-4,6-11H,5,12-13H2,1-2H3,(H,21,22,23)/p+1. The second kappa shape index (κ2) is 7.60. The van der Waals surface area contributed by atoms with Crippen molar-refractivity contribution >= 4 is 28.3 Å². The summed E-state index contributed by atoms with van der Waals surface area (Å²) in [6.07, 6.45) is 1.09. The monoisotopic (exact) mass is 341 g/mol. The van der Waals surface area contributed by atoms with E-state index in [2.05, 4.69) is 25.5 Å². The highest BCUT2D eigenvalue weighted by Crippen LogP contribution is 2.25. The van der Waals surface area contributed by atoms with Crippen LogP contribution in [-0.2, 0) is 0 Å². The summed E-state index contributed by atoms with van der Waals surface area (Å²) < 4.78 is 0. The first kappa shape index (κ1) is 16.7. The van der Waals surface area contributed by atoms with Crippen LogP contribution >= 0.6 is 11.6 Å². The van der Waals surface area contributed by atoms with Crippen molar-refractivity contribution in [2.45, 2.75) is 6.42 Å². The molecule has 4 nitrogen and oxygen atoms in total. The van der Waals surface area contributed by atoms with Gasteiger partial charge in [0.1, 0.15) is 5.82 Å². The predicted octanol–water partition coefficient (Wildman–Crippen LogP) is 2.90. The van der Waals surface area contributed by atoms with E-state index >= 15 is 0 Å². The van der Waals surface area contributed by atoms with Gasteiger partial charge in [-0.2, -0.15) is 0 Å². The minimum Gasteiger partial charge on any atom is -0.369 e. The van der Waals surface area contributed by atoms with E-state index in [0.717, 1.165) is 41.8 Å². The van der Waals surface area contributed by atoms with Crippen molar-refractivity contribution in [2.75, 3.05) is 32.5 Å². The van der Waals surface area contributed by atoms with Gasteiger partial charge in [-0.15, -0.1) is 0 Å². The number of benzene rings is 2. The molecule has 2 aromatic carbocycles. The Labute approximate surface area is 147 Å². The summed E-state index contributed by atoms with van der Waals surface area (Å²) in [5.41, 5.74) is 1.91. The summed E-state index contributed by atoms with van der Waals surface area (Å²) in [7, 11) is 4.33. The zero-order chi connectivity index (χ0) is 16.9. The van der Waals surface area contributed by atoms with E-state index in [9.17, 15) is 0 Å². The molecule has 0 amide bonds. The molecule has 0 saturated carbocycles. The van der Waals surface area contributed by atoms with Crippen LogP contribution in [0.3, 0.4) is 0 Å². The smallest absolute Gasteiger partial charge is 0.162 e. The van der Waals surface area contributed by atoms with Crippen molar-refractivity contribution in [3.05, 3.63) is 53.6 Å². The van der Waals surface area contributed by atoms with Gasteiger partial charge in [0.05, 0.1) is 26.2 Å². The third-order valence-electron chi connectivity index (χ3n) is 3.85. The fourth-order valence-electron chi connectivity index (χ4n) is 2.59. The van der Waals surface area contributed by atoms with E-state index in [1.807, 2.05) is 42.5 Å². The van der Waals surface area contributed by atoms with Crippen molar-refractivity contribution < 1.29 is 4.90 Å². The molecule has 24 heavy (non-hydrogen) atoms. The molecule has 0 fully saturated rings. The normalized spacial score (nSPS) is 11.2. The molecule has 5 heteroatoms. The molecule has 3 rings (SSSR count). The number of hydrogen-bond acceptors (Lipinski definition) is 3. The first-order valence-corrected chi connectivity index (χ1v) is 8.57. The van der Waals surface area contributed by atoms with Crippen molar-refractivity contribution in [2.24, 2.45) is 0 Å². The minimum absolute atomic E-state index is 0.712. The number of rotatable bonds is 6. The Kier molecular flexibility index (Phi) is 5.28. The summed E-state index contributed by atoms with van der Waals surface area (Å²) in [6.45, 7) is 2.02. The largest absolute Gasteiger partial charge is 0.369 e. The molecule has 124 valence electrons. The van der Waals surface area contributed by atoms with E-state index in [1.54, 1.807) is 0 Å². The lowest BCUT2D eigenvalue weighted by Gasteiger charge is -2.12. The van der Waals surface area contributed by atoms with Crippen LogP contribution in [0.5, 0.6) is 0 Å². The van der Waals surface area contributed by atoms with Gasteiger partial charge in [0, 0.05) is 28.9 Å². The zero-order valence-electron chi connectivity index (χ0n) is 14.0. The Morgan fingerprint density at radius 1 is 1.00 bits per heavy atom. The maximum absolute atomic E-state index is 5.98.